The van der Waals surface area contributed by atoms with Crippen molar-refractivity contribution in [1.82, 2.24) is 19.6 Å². The first-order chi connectivity index (χ1) is 20.7. The number of aromatic nitrogens is 3. The second-order valence-corrected chi connectivity index (χ2v) is 10.9. The van der Waals surface area contributed by atoms with Gasteiger partial charge in [0.2, 0.25) is 0 Å². The lowest BCUT2D eigenvalue weighted by molar-refractivity contribution is -0.197. The number of amides is 2. The Balaban J connectivity index is 1.33. The number of carbonyl (C=O) groups is 4. The number of hydroxylamine groups is 2. The second kappa shape index (κ2) is 12.6. The lowest BCUT2D eigenvalue weighted by Gasteiger charge is -2.15. The molecule has 0 unspecified atom stereocenters. The van der Waals surface area contributed by atoms with Gasteiger partial charge in [0.05, 0.1) is 17.5 Å². The van der Waals surface area contributed by atoms with Crippen molar-refractivity contribution in [2.45, 2.75) is 78.2 Å². The van der Waals surface area contributed by atoms with Crippen LogP contribution < -0.4 is 5.73 Å². The molecule has 1 aliphatic rings. The molecule has 3 N–H and O–H groups in total. The summed E-state index contributed by atoms with van der Waals surface area (Å²) in [5, 5.41) is 12.2. The predicted octanol–water partition coefficient (Wildman–Crippen LogP) is 4.46. The maximum atomic E-state index is 12.6. The lowest BCUT2D eigenvalue weighted by atomic mass is 9.99. The SMILES string of the molecule is CCCCc1nc2c(N)nc3ccccc3c2n1Cc1cc(C)c(O)c(CCC(=O)CCC(=O)ON2C(=O)CCC2=O)c1. The molecule has 0 aliphatic carbocycles. The summed E-state index contributed by atoms with van der Waals surface area (Å²) in [6, 6.07) is 11.7. The second-order valence-electron chi connectivity index (χ2n) is 10.9. The van der Waals surface area contributed by atoms with Crippen molar-refractivity contribution < 1.29 is 29.1 Å². The van der Waals surface area contributed by atoms with Crippen LogP contribution in [-0.2, 0) is 43.4 Å². The molecule has 0 atom stereocenters. The molecule has 11 heteroatoms. The van der Waals surface area contributed by atoms with Crippen LogP contribution in [0.1, 0.15) is 74.4 Å². The van der Waals surface area contributed by atoms with E-state index in [1.54, 1.807) is 0 Å². The van der Waals surface area contributed by atoms with E-state index < -0.39 is 17.8 Å². The number of rotatable bonds is 12. The highest BCUT2D eigenvalue weighted by molar-refractivity contribution is 6.06. The Morgan fingerprint density at radius 3 is 2.51 bits per heavy atom. The van der Waals surface area contributed by atoms with E-state index in [4.69, 9.17) is 15.6 Å². The Morgan fingerprint density at radius 2 is 1.77 bits per heavy atom. The Bertz CT molecular complexity index is 1730. The third-order valence-corrected chi connectivity index (χ3v) is 7.70. The number of aryl methyl sites for hydroxylation is 3. The molecule has 1 aliphatic heterocycles. The Kier molecular flexibility index (Phi) is 8.70. The van der Waals surface area contributed by atoms with Crippen LogP contribution in [0.4, 0.5) is 5.82 Å². The number of nitrogen functional groups attached to an aromatic ring is 1. The monoisotopic (exact) mass is 585 g/mol. The number of ketones is 1. The van der Waals surface area contributed by atoms with Crippen LogP contribution >= 0.6 is 0 Å². The number of hydrogen-bond donors (Lipinski definition) is 2. The van der Waals surface area contributed by atoms with Crippen molar-refractivity contribution in [2.75, 3.05) is 5.73 Å². The van der Waals surface area contributed by atoms with E-state index in [1.165, 1.54) is 0 Å². The summed E-state index contributed by atoms with van der Waals surface area (Å²) in [7, 11) is 0. The van der Waals surface area contributed by atoms with Gasteiger partial charge in [0.25, 0.3) is 11.8 Å². The Morgan fingerprint density at radius 1 is 1.02 bits per heavy atom. The molecular weight excluding hydrogens is 550 g/mol. The molecule has 0 saturated carbocycles. The van der Waals surface area contributed by atoms with E-state index >= 15 is 0 Å². The van der Waals surface area contributed by atoms with Gasteiger partial charge in [0.1, 0.15) is 22.9 Å². The zero-order valence-corrected chi connectivity index (χ0v) is 24.4. The fourth-order valence-corrected chi connectivity index (χ4v) is 5.44. The van der Waals surface area contributed by atoms with Gasteiger partial charge in [0, 0.05) is 44.0 Å². The molecule has 1 saturated heterocycles. The Hall–Kier alpha value is -4.80. The first-order valence-corrected chi connectivity index (χ1v) is 14.6. The molecule has 3 heterocycles. The number of unbranched alkanes of at least 4 members (excludes halogenated alkanes) is 1. The minimum Gasteiger partial charge on any atom is -0.507 e. The van der Waals surface area contributed by atoms with Crippen molar-refractivity contribution in [3.63, 3.8) is 0 Å². The topological polar surface area (TPSA) is 158 Å². The van der Waals surface area contributed by atoms with Gasteiger partial charge in [-0.1, -0.05) is 43.7 Å². The van der Waals surface area contributed by atoms with Crippen LogP contribution in [0.2, 0.25) is 0 Å². The van der Waals surface area contributed by atoms with E-state index in [2.05, 4.69) is 16.5 Å². The molecular formula is C32H35N5O6. The van der Waals surface area contributed by atoms with Crippen LogP contribution in [0.5, 0.6) is 5.75 Å². The first kappa shape index (κ1) is 29.7. The number of imidazole rings is 1. The molecule has 5 rings (SSSR count). The summed E-state index contributed by atoms with van der Waals surface area (Å²) < 4.78 is 2.17. The highest BCUT2D eigenvalue weighted by Crippen LogP contribution is 2.32. The molecule has 2 aromatic heterocycles. The minimum absolute atomic E-state index is 0.00595. The number of phenols is 1. The van der Waals surface area contributed by atoms with Crippen molar-refractivity contribution in [1.29, 1.82) is 0 Å². The number of fused-ring (bicyclic) bond motifs is 3. The molecule has 11 nitrogen and oxygen atoms in total. The summed E-state index contributed by atoms with van der Waals surface area (Å²) in [5.74, 6) is -0.720. The first-order valence-electron chi connectivity index (χ1n) is 14.6. The number of hydrogen-bond acceptors (Lipinski definition) is 9. The standard InChI is InChI=1S/C32H35N5O6/c1-3-4-9-25-35-29-30(23-7-5-6-8-24(23)34-32(29)33)36(25)18-20-16-19(2)31(42)21(17-20)10-11-22(38)12-15-28(41)43-37-26(39)13-14-27(37)40/h5-8,16-17,42H,3-4,9-15,18H2,1-2H3,(H2,33,34). The zero-order valence-electron chi connectivity index (χ0n) is 24.4. The van der Waals surface area contributed by atoms with Crippen molar-refractivity contribution >= 4 is 51.3 Å². The number of phenolic OH excluding ortho intramolecular Hbond substituents is 1. The maximum absolute atomic E-state index is 12.6. The lowest BCUT2D eigenvalue weighted by Crippen LogP contribution is -2.32. The fraction of sp³-hybridized carbons (Fsp3) is 0.375. The highest BCUT2D eigenvalue weighted by atomic mass is 16.7. The molecule has 0 spiro atoms. The number of benzene rings is 2. The number of nitrogens with two attached hydrogens (primary N) is 1. The summed E-state index contributed by atoms with van der Waals surface area (Å²) in [5.41, 5.74) is 11.0. The molecule has 0 radical (unpaired) electrons. The average Bonchev–Trinajstić information content (AvgIpc) is 3.51. The maximum Gasteiger partial charge on any atom is 0.333 e. The highest BCUT2D eigenvalue weighted by Gasteiger charge is 2.32. The zero-order chi connectivity index (χ0) is 30.7. The molecule has 43 heavy (non-hydrogen) atoms. The number of Topliss-reactive ketones (excluding diaryl/α,β-unsaturated/α-hetero) is 1. The smallest absolute Gasteiger partial charge is 0.333 e. The van der Waals surface area contributed by atoms with E-state index in [1.807, 2.05) is 43.3 Å². The third-order valence-electron chi connectivity index (χ3n) is 7.70. The van der Waals surface area contributed by atoms with Crippen LogP contribution in [0.3, 0.4) is 0 Å². The van der Waals surface area contributed by atoms with Crippen molar-refractivity contribution in [3.05, 3.63) is 58.9 Å². The number of imide groups is 1. The van der Waals surface area contributed by atoms with Crippen molar-refractivity contribution in [3.8, 4) is 5.75 Å². The summed E-state index contributed by atoms with van der Waals surface area (Å²) in [6.45, 7) is 4.45. The number of anilines is 1. The van der Waals surface area contributed by atoms with Gasteiger partial charge >= 0.3 is 5.97 Å². The summed E-state index contributed by atoms with van der Waals surface area (Å²) in [6.07, 6.45) is 2.81. The van der Waals surface area contributed by atoms with E-state index in [0.29, 0.717) is 34.1 Å². The molecule has 1 fully saturated rings. The molecule has 224 valence electrons. The van der Waals surface area contributed by atoms with Crippen molar-refractivity contribution in [2.24, 2.45) is 0 Å². The normalized spacial score (nSPS) is 13.4. The van der Waals surface area contributed by atoms with Crippen LogP contribution in [-0.4, -0.2) is 48.3 Å². The van der Waals surface area contributed by atoms with E-state index in [9.17, 15) is 24.3 Å². The number of aromatic hydroxyl groups is 1. The summed E-state index contributed by atoms with van der Waals surface area (Å²) in [4.78, 5) is 62.2. The number of nitrogens with zero attached hydrogens (tertiary/aromatic N) is 4. The number of para-hydroxylation sites is 1. The van der Waals surface area contributed by atoms with Crippen LogP contribution in [0.25, 0.3) is 21.9 Å². The van der Waals surface area contributed by atoms with Gasteiger partial charge in [-0.15, -0.1) is 5.06 Å². The fourth-order valence-electron chi connectivity index (χ4n) is 5.44. The van der Waals surface area contributed by atoms with Gasteiger partial charge in [-0.25, -0.2) is 14.8 Å². The predicted molar refractivity (Wildman–Crippen MR) is 160 cm³/mol. The molecule has 0 bridgehead atoms. The number of carbonyl (C=O) groups excluding carboxylic acids is 4. The average molecular weight is 586 g/mol. The minimum atomic E-state index is -0.813. The largest absolute Gasteiger partial charge is 0.507 e. The van der Waals surface area contributed by atoms with E-state index in [-0.39, 0.29) is 50.1 Å². The van der Waals surface area contributed by atoms with Gasteiger partial charge < -0.3 is 20.2 Å². The Labute approximate surface area is 248 Å². The number of pyridine rings is 1. The van der Waals surface area contributed by atoms with E-state index in [0.717, 1.165) is 47.1 Å². The summed E-state index contributed by atoms with van der Waals surface area (Å²) >= 11 is 0. The van der Waals surface area contributed by atoms with Crippen LogP contribution in [0, 0.1) is 6.92 Å². The van der Waals surface area contributed by atoms with Gasteiger partial charge in [0.15, 0.2) is 5.82 Å². The molecule has 2 amide bonds. The quantitative estimate of drug-likeness (QED) is 0.229. The third kappa shape index (κ3) is 6.35. The van der Waals surface area contributed by atoms with Crippen LogP contribution in [0.15, 0.2) is 36.4 Å². The van der Waals surface area contributed by atoms with Gasteiger partial charge in [-0.2, -0.15) is 0 Å². The van der Waals surface area contributed by atoms with Gasteiger partial charge in [-0.05, 0) is 42.5 Å². The van der Waals surface area contributed by atoms with Gasteiger partial charge in [-0.3, -0.25) is 14.4 Å². The molecule has 2 aromatic carbocycles. The molecule has 4 aromatic rings.